The van der Waals surface area contributed by atoms with Gasteiger partial charge in [0.2, 0.25) is 0 Å². The molecule has 1 amide bonds. The van der Waals surface area contributed by atoms with Crippen molar-refractivity contribution < 1.29 is 9.90 Å². The second-order valence-electron chi connectivity index (χ2n) is 5.77. The summed E-state index contributed by atoms with van der Waals surface area (Å²) in [7, 11) is 0. The number of likely N-dealkylation sites (tertiary alicyclic amines) is 1. The van der Waals surface area contributed by atoms with Crippen LogP contribution in [0.25, 0.3) is 0 Å². The number of carboxylic acid groups (broad SMARTS) is 1. The lowest BCUT2D eigenvalue weighted by atomic mass is 9.67. The Kier molecular flexibility index (Phi) is 2.34. The van der Waals surface area contributed by atoms with Crippen molar-refractivity contribution in [2.45, 2.75) is 45.6 Å². The number of hydrogen-bond acceptors (Lipinski definition) is 1. The summed E-state index contributed by atoms with van der Waals surface area (Å²) in [6, 6.07) is 0. The summed E-state index contributed by atoms with van der Waals surface area (Å²) < 4.78 is 0. The summed E-state index contributed by atoms with van der Waals surface area (Å²) >= 11 is 0. The zero-order valence-electron chi connectivity index (χ0n) is 10.4. The molecule has 0 aromatic rings. The zero-order chi connectivity index (χ0) is 12.1. The van der Waals surface area contributed by atoms with Crippen molar-refractivity contribution in [2.75, 3.05) is 6.54 Å². The van der Waals surface area contributed by atoms with E-state index >= 15 is 0 Å². The molecule has 1 heterocycles. The molecule has 0 radical (unpaired) electrons. The lowest BCUT2D eigenvalue weighted by Crippen LogP contribution is -2.51. The molecule has 3 nitrogen and oxygen atoms in total. The average Bonchev–Trinajstić information content (AvgIpc) is 2.58. The smallest absolute Gasteiger partial charge is 0.407 e. The van der Waals surface area contributed by atoms with E-state index in [0.29, 0.717) is 12.5 Å². The SMILES string of the molecule is C=C1CC2CN(C(=O)O)C(C)(CC)C2(C)C1. The number of amides is 1. The van der Waals surface area contributed by atoms with E-state index in [0.717, 1.165) is 19.3 Å². The largest absolute Gasteiger partial charge is 0.465 e. The normalized spacial score (nSPS) is 42.6. The fourth-order valence-corrected chi connectivity index (χ4v) is 3.82. The number of nitrogens with zero attached hydrogens (tertiary/aromatic N) is 1. The minimum atomic E-state index is -0.773. The van der Waals surface area contributed by atoms with Gasteiger partial charge in [-0.1, -0.05) is 26.0 Å². The minimum Gasteiger partial charge on any atom is -0.465 e. The van der Waals surface area contributed by atoms with Gasteiger partial charge in [0.25, 0.3) is 0 Å². The molecule has 16 heavy (non-hydrogen) atoms. The van der Waals surface area contributed by atoms with Gasteiger partial charge in [-0.3, -0.25) is 0 Å². The van der Waals surface area contributed by atoms with E-state index in [1.54, 1.807) is 4.90 Å². The highest BCUT2D eigenvalue weighted by molar-refractivity contribution is 5.67. The molecule has 0 aromatic heterocycles. The number of allylic oxidation sites excluding steroid dienone is 1. The van der Waals surface area contributed by atoms with Gasteiger partial charge in [-0.05, 0) is 37.5 Å². The van der Waals surface area contributed by atoms with E-state index < -0.39 is 6.09 Å². The van der Waals surface area contributed by atoms with Gasteiger partial charge in [0.1, 0.15) is 0 Å². The fourth-order valence-electron chi connectivity index (χ4n) is 3.82. The molecule has 90 valence electrons. The molecule has 3 atom stereocenters. The Morgan fingerprint density at radius 2 is 2.25 bits per heavy atom. The van der Waals surface area contributed by atoms with E-state index in [-0.39, 0.29) is 11.0 Å². The first-order chi connectivity index (χ1) is 7.35. The first-order valence-electron chi connectivity index (χ1n) is 6.02. The lowest BCUT2D eigenvalue weighted by molar-refractivity contribution is 0.0536. The van der Waals surface area contributed by atoms with Gasteiger partial charge in [-0.15, -0.1) is 0 Å². The van der Waals surface area contributed by atoms with Crippen LogP contribution in [0.2, 0.25) is 0 Å². The maximum absolute atomic E-state index is 11.3. The lowest BCUT2D eigenvalue weighted by Gasteiger charge is -2.43. The Morgan fingerprint density at radius 3 is 2.75 bits per heavy atom. The van der Waals surface area contributed by atoms with E-state index in [1.807, 2.05) is 0 Å². The first-order valence-corrected chi connectivity index (χ1v) is 6.02. The van der Waals surface area contributed by atoms with Gasteiger partial charge in [0.05, 0.1) is 0 Å². The number of rotatable bonds is 1. The second kappa shape index (κ2) is 3.25. The predicted octanol–water partition coefficient (Wildman–Crippen LogP) is 3.12. The van der Waals surface area contributed by atoms with Crippen molar-refractivity contribution in [3.63, 3.8) is 0 Å². The van der Waals surface area contributed by atoms with Crippen LogP contribution in [0.3, 0.4) is 0 Å². The van der Waals surface area contributed by atoms with Crippen LogP contribution in [0, 0.1) is 11.3 Å². The number of carbonyl (C=O) groups is 1. The molecule has 0 spiro atoms. The standard InChI is InChI=1S/C13H21NO2/c1-5-13(4)12(3)7-9(2)6-10(12)8-14(13)11(15)16/h10H,2,5-8H2,1,3-4H3,(H,15,16). The zero-order valence-corrected chi connectivity index (χ0v) is 10.4. The van der Waals surface area contributed by atoms with E-state index in [2.05, 4.69) is 27.4 Å². The molecule has 1 saturated heterocycles. The van der Waals surface area contributed by atoms with Gasteiger partial charge in [0.15, 0.2) is 0 Å². The van der Waals surface area contributed by atoms with Gasteiger partial charge in [0, 0.05) is 12.1 Å². The van der Waals surface area contributed by atoms with Crippen molar-refractivity contribution in [3.8, 4) is 0 Å². The minimum absolute atomic E-state index is 0.0806. The van der Waals surface area contributed by atoms with E-state index in [9.17, 15) is 9.90 Å². The molecule has 3 heteroatoms. The van der Waals surface area contributed by atoms with Crippen molar-refractivity contribution >= 4 is 6.09 Å². The molecule has 0 bridgehead atoms. The first kappa shape index (κ1) is 11.5. The Labute approximate surface area is 97.1 Å². The summed E-state index contributed by atoms with van der Waals surface area (Å²) in [6.07, 6.45) is 2.08. The molecule has 2 rings (SSSR count). The van der Waals surface area contributed by atoms with Crippen molar-refractivity contribution in [1.82, 2.24) is 4.90 Å². The van der Waals surface area contributed by atoms with Crippen LogP contribution in [0.1, 0.15) is 40.0 Å². The summed E-state index contributed by atoms with van der Waals surface area (Å²) in [5.41, 5.74) is 1.14. The molecule has 1 N–H and O–H groups in total. The van der Waals surface area contributed by atoms with Crippen LogP contribution < -0.4 is 0 Å². The van der Waals surface area contributed by atoms with Crippen LogP contribution in [0.15, 0.2) is 12.2 Å². The average molecular weight is 223 g/mol. The molecular formula is C13H21NO2. The molecule has 3 unspecified atom stereocenters. The fraction of sp³-hybridized carbons (Fsp3) is 0.769. The second-order valence-corrected chi connectivity index (χ2v) is 5.77. The van der Waals surface area contributed by atoms with E-state index in [4.69, 9.17) is 0 Å². The van der Waals surface area contributed by atoms with Gasteiger partial charge < -0.3 is 10.0 Å². The molecule has 2 aliphatic rings. The van der Waals surface area contributed by atoms with Crippen LogP contribution in [-0.4, -0.2) is 28.2 Å². The number of hydrogen-bond donors (Lipinski definition) is 1. The van der Waals surface area contributed by atoms with Gasteiger partial charge >= 0.3 is 6.09 Å². The topological polar surface area (TPSA) is 40.5 Å². The predicted molar refractivity (Wildman–Crippen MR) is 63.4 cm³/mol. The van der Waals surface area contributed by atoms with Crippen LogP contribution in [0.5, 0.6) is 0 Å². The highest BCUT2D eigenvalue weighted by Crippen LogP contribution is 2.60. The Hall–Kier alpha value is -0.990. The van der Waals surface area contributed by atoms with Crippen molar-refractivity contribution in [3.05, 3.63) is 12.2 Å². The summed E-state index contributed by atoms with van der Waals surface area (Å²) in [6.45, 7) is 11.2. The van der Waals surface area contributed by atoms with Crippen molar-refractivity contribution in [1.29, 1.82) is 0 Å². The maximum atomic E-state index is 11.3. The quantitative estimate of drug-likeness (QED) is 0.694. The maximum Gasteiger partial charge on any atom is 0.407 e. The Balaban J connectivity index is 2.42. The van der Waals surface area contributed by atoms with Gasteiger partial charge in [-0.25, -0.2) is 4.79 Å². The molecule has 1 saturated carbocycles. The molecule has 1 aliphatic heterocycles. The third-order valence-electron chi connectivity index (χ3n) is 5.20. The Bertz CT molecular complexity index is 352. The third-order valence-corrected chi connectivity index (χ3v) is 5.20. The van der Waals surface area contributed by atoms with Crippen LogP contribution in [-0.2, 0) is 0 Å². The molecule has 0 aromatic carbocycles. The number of fused-ring (bicyclic) bond motifs is 1. The van der Waals surface area contributed by atoms with Crippen LogP contribution in [0.4, 0.5) is 4.79 Å². The summed E-state index contributed by atoms with van der Waals surface area (Å²) in [5, 5.41) is 9.32. The molecule has 2 fully saturated rings. The highest BCUT2D eigenvalue weighted by atomic mass is 16.4. The van der Waals surface area contributed by atoms with Crippen molar-refractivity contribution in [2.24, 2.45) is 11.3 Å². The highest BCUT2D eigenvalue weighted by Gasteiger charge is 2.61. The molecule has 1 aliphatic carbocycles. The summed E-state index contributed by atoms with van der Waals surface area (Å²) in [5.74, 6) is 0.459. The third kappa shape index (κ3) is 1.17. The summed E-state index contributed by atoms with van der Waals surface area (Å²) in [4.78, 5) is 13.0. The van der Waals surface area contributed by atoms with E-state index in [1.165, 1.54) is 5.57 Å². The van der Waals surface area contributed by atoms with Gasteiger partial charge in [-0.2, -0.15) is 0 Å². The molecular weight excluding hydrogens is 202 g/mol. The monoisotopic (exact) mass is 223 g/mol. The Morgan fingerprint density at radius 1 is 1.62 bits per heavy atom. The van der Waals surface area contributed by atoms with Crippen LogP contribution >= 0.6 is 0 Å².